The van der Waals surface area contributed by atoms with Gasteiger partial charge in [-0.25, -0.2) is 4.98 Å². The Bertz CT molecular complexity index is 711. The number of carbonyl (C=O) groups is 1. The van der Waals surface area contributed by atoms with E-state index in [9.17, 15) is 4.79 Å². The molecule has 1 fully saturated rings. The van der Waals surface area contributed by atoms with Gasteiger partial charge in [0.15, 0.2) is 0 Å². The van der Waals surface area contributed by atoms with Gasteiger partial charge < -0.3 is 9.88 Å². The van der Waals surface area contributed by atoms with Crippen LogP contribution < -0.4 is 5.32 Å². The molecule has 1 aliphatic carbocycles. The van der Waals surface area contributed by atoms with Gasteiger partial charge in [0, 0.05) is 42.9 Å². The zero-order chi connectivity index (χ0) is 16.4. The molecule has 6 heteroatoms. The first-order valence-corrected chi connectivity index (χ1v) is 8.76. The number of likely N-dealkylation sites (tertiary alicyclic amines) is 1. The Morgan fingerprint density at radius 2 is 2.08 bits per heavy atom. The van der Waals surface area contributed by atoms with Gasteiger partial charge in [0.25, 0.3) is 0 Å². The lowest BCUT2D eigenvalue weighted by Crippen LogP contribution is -2.32. The van der Waals surface area contributed by atoms with E-state index in [2.05, 4.69) is 24.8 Å². The van der Waals surface area contributed by atoms with Crippen molar-refractivity contribution >= 4 is 11.6 Å². The molecule has 1 N–H and O–H groups in total. The highest BCUT2D eigenvalue weighted by atomic mass is 16.2. The Kier molecular flexibility index (Phi) is 4.30. The summed E-state index contributed by atoms with van der Waals surface area (Å²) in [6.07, 6.45) is 11.3. The number of imidazole rings is 1. The summed E-state index contributed by atoms with van der Waals surface area (Å²) in [5.41, 5.74) is 3.51. The van der Waals surface area contributed by atoms with Crippen LogP contribution in [0.1, 0.15) is 36.7 Å². The van der Waals surface area contributed by atoms with Gasteiger partial charge in [0.1, 0.15) is 0 Å². The van der Waals surface area contributed by atoms with Crippen LogP contribution in [0.5, 0.6) is 0 Å². The summed E-state index contributed by atoms with van der Waals surface area (Å²) >= 11 is 0. The van der Waals surface area contributed by atoms with Crippen LogP contribution in [0.3, 0.4) is 0 Å². The van der Waals surface area contributed by atoms with Gasteiger partial charge in [-0.15, -0.1) is 0 Å². The first-order chi connectivity index (χ1) is 11.8. The van der Waals surface area contributed by atoms with Gasteiger partial charge in [-0.3, -0.25) is 14.7 Å². The van der Waals surface area contributed by atoms with E-state index >= 15 is 0 Å². The second-order valence-corrected chi connectivity index (χ2v) is 6.71. The van der Waals surface area contributed by atoms with Gasteiger partial charge in [0.05, 0.1) is 18.6 Å². The minimum absolute atomic E-state index is 0.0366. The zero-order valence-electron chi connectivity index (χ0n) is 13.8. The largest absolute Gasteiger partial charge is 0.330 e. The van der Waals surface area contributed by atoms with Crippen LogP contribution in [0.2, 0.25) is 0 Å². The molecule has 0 aromatic carbocycles. The van der Waals surface area contributed by atoms with Crippen LogP contribution in [0, 0.1) is 0 Å². The maximum absolute atomic E-state index is 12.2. The normalized spacial score (nSPS) is 20.8. The van der Waals surface area contributed by atoms with Crippen LogP contribution in [0.25, 0.3) is 0 Å². The highest BCUT2D eigenvalue weighted by Crippen LogP contribution is 2.28. The summed E-state index contributed by atoms with van der Waals surface area (Å²) in [7, 11) is 0. The van der Waals surface area contributed by atoms with Crippen molar-refractivity contribution in [2.24, 2.45) is 0 Å². The predicted octanol–water partition coefficient (Wildman–Crippen LogP) is 2.04. The first kappa shape index (κ1) is 15.3. The van der Waals surface area contributed by atoms with Crippen molar-refractivity contribution in [2.75, 3.05) is 25.0 Å². The molecule has 2 aliphatic rings. The number of fused-ring (bicyclic) bond motifs is 1. The zero-order valence-corrected chi connectivity index (χ0v) is 13.8. The molecule has 1 unspecified atom stereocenters. The van der Waals surface area contributed by atoms with E-state index in [1.807, 2.05) is 18.5 Å². The minimum atomic E-state index is 0.0366. The molecule has 24 heavy (non-hydrogen) atoms. The number of aromatic nitrogens is 3. The number of nitrogens with zero attached hydrogens (tertiary/aromatic N) is 4. The fourth-order valence-corrected chi connectivity index (χ4v) is 3.83. The Morgan fingerprint density at radius 1 is 1.25 bits per heavy atom. The fourth-order valence-electron chi connectivity index (χ4n) is 3.83. The van der Waals surface area contributed by atoms with E-state index in [1.165, 1.54) is 24.2 Å². The smallest absolute Gasteiger partial charge is 0.238 e. The fraction of sp³-hybridized carbons (Fsp3) is 0.500. The topological polar surface area (TPSA) is 63.1 Å². The lowest BCUT2D eigenvalue weighted by molar-refractivity contribution is -0.117. The highest BCUT2D eigenvalue weighted by Gasteiger charge is 2.28. The van der Waals surface area contributed by atoms with Crippen LogP contribution in [-0.2, 0) is 17.6 Å². The molecule has 0 saturated carbocycles. The molecule has 126 valence electrons. The lowest BCUT2D eigenvalue weighted by atomic mass is 10.0. The van der Waals surface area contributed by atoms with Crippen molar-refractivity contribution in [1.29, 1.82) is 0 Å². The molecular weight excluding hydrogens is 302 g/mol. The number of pyridine rings is 1. The van der Waals surface area contributed by atoms with Crippen molar-refractivity contribution in [3.63, 3.8) is 0 Å². The van der Waals surface area contributed by atoms with Crippen LogP contribution >= 0.6 is 0 Å². The summed E-state index contributed by atoms with van der Waals surface area (Å²) in [5.74, 6) is 0.0366. The van der Waals surface area contributed by atoms with Gasteiger partial charge >= 0.3 is 0 Å². The number of nitrogens with one attached hydrogen (secondary N) is 1. The van der Waals surface area contributed by atoms with Gasteiger partial charge in [-0.05, 0) is 44.2 Å². The second kappa shape index (κ2) is 6.73. The number of amides is 1. The summed E-state index contributed by atoms with van der Waals surface area (Å²) in [4.78, 5) is 23.0. The van der Waals surface area contributed by atoms with E-state index in [4.69, 9.17) is 0 Å². The minimum Gasteiger partial charge on any atom is -0.330 e. The molecule has 1 amide bonds. The number of aryl methyl sites for hydroxylation is 1. The number of hydrogen-bond donors (Lipinski definition) is 1. The molecule has 3 heterocycles. The number of carbonyl (C=O) groups excluding carboxylic acids is 1. The molecule has 1 saturated heterocycles. The summed E-state index contributed by atoms with van der Waals surface area (Å²) in [6.45, 7) is 2.32. The van der Waals surface area contributed by atoms with Crippen molar-refractivity contribution in [1.82, 2.24) is 19.4 Å². The standard InChI is InChI=1S/C18H23N5O/c24-18(21-14-5-8-19-9-6-14)12-22-10-7-15(11-22)23-13-20-16-3-1-2-4-17(16)23/h5-6,8-9,13,15H,1-4,7,10-12H2,(H,19,21,24). The molecular formula is C18H23N5O. The third-order valence-corrected chi connectivity index (χ3v) is 5.03. The quantitative estimate of drug-likeness (QED) is 0.934. The molecule has 1 aliphatic heterocycles. The van der Waals surface area contributed by atoms with Crippen LogP contribution in [0.15, 0.2) is 30.9 Å². The molecule has 0 bridgehead atoms. The monoisotopic (exact) mass is 325 g/mol. The van der Waals surface area contributed by atoms with Crippen molar-refractivity contribution in [3.8, 4) is 0 Å². The van der Waals surface area contributed by atoms with Gasteiger partial charge in [-0.1, -0.05) is 0 Å². The maximum Gasteiger partial charge on any atom is 0.238 e. The van der Waals surface area contributed by atoms with Gasteiger partial charge in [0.2, 0.25) is 5.91 Å². The summed E-state index contributed by atoms with van der Waals surface area (Å²) in [5, 5.41) is 2.93. The average molecular weight is 325 g/mol. The third-order valence-electron chi connectivity index (χ3n) is 5.03. The van der Waals surface area contributed by atoms with Crippen molar-refractivity contribution < 1.29 is 4.79 Å². The molecule has 0 radical (unpaired) electrons. The van der Waals surface area contributed by atoms with Crippen molar-refractivity contribution in [2.45, 2.75) is 38.1 Å². The first-order valence-electron chi connectivity index (χ1n) is 8.76. The average Bonchev–Trinajstić information content (AvgIpc) is 3.22. The third kappa shape index (κ3) is 3.19. The van der Waals surface area contributed by atoms with E-state index < -0.39 is 0 Å². The molecule has 1 atom stereocenters. The number of rotatable bonds is 4. The molecule has 2 aromatic heterocycles. The van der Waals surface area contributed by atoms with Crippen molar-refractivity contribution in [3.05, 3.63) is 42.2 Å². The molecule has 6 nitrogen and oxygen atoms in total. The van der Waals surface area contributed by atoms with Crippen LogP contribution in [-0.4, -0.2) is 45.0 Å². The lowest BCUT2D eigenvalue weighted by Gasteiger charge is -2.20. The van der Waals surface area contributed by atoms with Crippen LogP contribution in [0.4, 0.5) is 5.69 Å². The Morgan fingerprint density at radius 3 is 2.96 bits per heavy atom. The summed E-state index contributed by atoms with van der Waals surface area (Å²) in [6, 6.07) is 4.07. The SMILES string of the molecule is O=C(CN1CCC(n2cnc3c2CCCC3)C1)Nc1ccncc1. The van der Waals surface area contributed by atoms with E-state index in [1.54, 1.807) is 12.4 Å². The number of hydrogen-bond acceptors (Lipinski definition) is 4. The highest BCUT2D eigenvalue weighted by molar-refractivity contribution is 5.92. The predicted molar refractivity (Wildman–Crippen MR) is 91.8 cm³/mol. The van der Waals surface area contributed by atoms with E-state index in [0.717, 1.165) is 38.0 Å². The Balaban J connectivity index is 1.35. The van der Waals surface area contributed by atoms with Gasteiger partial charge in [-0.2, -0.15) is 0 Å². The maximum atomic E-state index is 12.2. The molecule has 4 rings (SSSR count). The van der Waals surface area contributed by atoms with E-state index in [0.29, 0.717) is 12.6 Å². The molecule has 2 aromatic rings. The summed E-state index contributed by atoms with van der Waals surface area (Å²) < 4.78 is 2.37. The second-order valence-electron chi connectivity index (χ2n) is 6.71. The molecule has 0 spiro atoms. The number of anilines is 1. The Labute approximate surface area is 141 Å². The Hall–Kier alpha value is -2.21. The van der Waals surface area contributed by atoms with E-state index in [-0.39, 0.29) is 5.91 Å².